The summed E-state index contributed by atoms with van der Waals surface area (Å²) < 4.78 is 5.82. The first-order valence-electron chi connectivity index (χ1n) is 9.99. The molecular weight excluding hydrogens is 388 g/mol. The second-order valence-electron chi connectivity index (χ2n) is 8.55. The average molecular weight is 407 g/mol. The second-order valence-corrected chi connectivity index (χ2v) is 8.96. The number of rotatable bonds is 3. The molecule has 0 N–H and O–H groups in total. The van der Waals surface area contributed by atoms with Crippen LogP contribution in [0.3, 0.4) is 0 Å². The summed E-state index contributed by atoms with van der Waals surface area (Å²) in [5, 5.41) is 5.96. The van der Waals surface area contributed by atoms with Gasteiger partial charge in [-0.25, -0.2) is 0 Å². The molecule has 1 aromatic heterocycles. The van der Waals surface area contributed by atoms with Gasteiger partial charge in [0.05, 0.1) is 18.1 Å². The van der Waals surface area contributed by atoms with Crippen LogP contribution in [0.5, 0.6) is 0 Å². The minimum absolute atomic E-state index is 0.168. The van der Waals surface area contributed by atoms with Crippen molar-refractivity contribution in [1.29, 1.82) is 0 Å². The van der Waals surface area contributed by atoms with Crippen molar-refractivity contribution in [2.45, 2.75) is 13.3 Å². The molecule has 1 saturated heterocycles. The number of halogens is 1. The minimum atomic E-state index is -0.236. The Balaban J connectivity index is 1.24. The maximum Gasteiger partial charge on any atom is 0.254 e. The Morgan fingerprint density at radius 1 is 1.07 bits per heavy atom. The highest BCUT2D eigenvalue weighted by Crippen LogP contribution is 2.65. The van der Waals surface area contributed by atoms with E-state index >= 15 is 0 Å². The van der Waals surface area contributed by atoms with E-state index in [0.29, 0.717) is 28.4 Å². The third kappa shape index (κ3) is 2.43. The third-order valence-corrected chi connectivity index (χ3v) is 7.43. The predicted molar refractivity (Wildman–Crippen MR) is 108 cm³/mol. The summed E-state index contributed by atoms with van der Waals surface area (Å²) in [5.74, 6) is 1.90. The number of allylic oxidation sites excluding steroid dienone is 2. The Bertz CT molecular complexity index is 1080. The van der Waals surface area contributed by atoms with Gasteiger partial charge < -0.3 is 4.42 Å². The molecule has 6 atom stereocenters. The average Bonchev–Trinajstić information content (AvgIpc) is 3.36. The van der Waals surface area contributed by atoms with E-state index in [0.717, 1.165) is 22.6 Å². The van der Waals surface area contributed by atoms with E-state index in [2.05, 4.69) is 17.3 Å². The molecule has 0 unspecified atom stereocenters. The molecule has 3 fully saturated rings. The van der Waals surface area contributed by atoms with Gasteiger partial charge in [0.1, 0.15) is 11.5 Å². The van der Waals surface area contributed by atoms with Gasteiger partial charge in [0.25, 0.3) is 11.8 Å². The molecule has 6 heteroatoms. The van der Waals surface area contributed by atoms with E-state index in [1.807, 2.05) is 31.2 Å². The summed E-state index contributed by atoms with van der Waals surface area (Å²) in [6, 6.07) is 9.32. The number of furan rings is 1. The van der Waals surface area contributed by atoms with Crippen molar-refractivity contribution in [2.75, 3.05) is 0 Å². The van der Waals surface area contributed by atoms with E-state index in [4.69, 9.17) is 16.0 Å². The molecule has 29 heavy (non-hydrogen) atoms. The molecule has 1 aromatic carbocycles. The smallest absolute Gasteiger partial charge is 0.254 e. The fourth-order valence-electron chi connectivity index (χ4n) is 5.49. The molecule has 0 spiro atoms. The zero-order chi connectivity index (χ0) is 19.9. The second kappa shape index (κ2) is 5.92. The number of carbonyl (C=O) groups is 2. The number of amides is 2. The maximum absolute atomic E-state index is 12.9. The first kappa shape index (κ1) is 17.2. The molecule has 2 amide bonds. The summed E-state index contributed by atoms with van der Waals surface area (Å²) in [6.07, 6.45) is 6.91. The molecule has 2 heterocycles. The predicted octanol–water partition coefficient (Wildman–Crippen LogP) is 4.30. The van der Waals surface area contributed by atoms with Crippen LogP contribution in [0.2, 0.25) is 5.02 Å². The Morgan fingerprint density at radius 3 is 2.41 bits per heavy atom. The number of benzene rings is 1. The maximum atomic E-state index is 12.9. The van der Waals surface area contributed by atoms with Crippen LogP contribution < -0.4 is 0 Å². The quantitative estimate of drug-likeness (QED) is 0.434. The number of imide groups is 1. The molecule has 2 bridgehead atoms. The minimum Gasteiger partial charge on any atom is -0.455 e. The van der Waals surface area contributed by atoms with E-state index < -0.39 is 0 Å². The summed E-state index contributed by atoms with van der Waals surface area (Å²) in [4.78, 5) is 25.9. The molecule has 5 nitrogen and oxygen atoms in total. The number of carbonyl (C=O) groups excluding carboxylic acids is 2. The normalized spacial score (nSPS) is 34.2. The summed E-state index contributed by atoms with van der Waals surface area (Å²) in [7, 11) is 0. The van der Waals surface area contributed by atoms with Crippen LogP contribution in [0.25, 0.3) is 11.3 Å². The van der Waals surface area contributed by atoms with Crippen molar-refractivity contribution >= 4 is 29.6 Å². The zero-order valence-electron chi connectivity index (χ0n) is 15.8. The molecule has 2 aromatic rings. The summed E-state index contributed by atoms with van der Waals surface area (Å²) >= 11 is 6.20. The van der Waals surface area contributed by atoms with Crippen LogP contribution in [0.4, 0.5) is 0 Å². The molecule has 146 valence electrons. The Morgan fingerprint density at radius 2 is 1.76 bits per heavy atom. The highest BCUT2D eigenvalue weighted by Gasteiger charge is 2.67. The number of nitrogens with zero attached hydrogens (tertiary/aromatic N) is 2. The van der Waals surface area contributed by atoms with Crippen LogP contribution in [0.15, 0.2) is 52.0 Å². The fraction of sp³-hybridized carbons (Fsp3) is 0.348. The van der Waals surface area contributed by atoms with Crippen molar-refractivity contribution < 1.29 is 14.0 Å². The lowest BCUT2D eigenvalue weighted by Gasteiger charge is -2.37. The summed E-state index contributed by atoms with van der Waals surface area (Å²) in [5.41, 5.74) is 1.86. The summed E-state index contributed by atoms with van der Waals surface area (Å²) in [6.45, 7) is 1.94. The number of hydrazone groups is 1. The van der Waals surface area contributed by atoms with Gasteiger partial charge in [-0.15, -0.1) is 0 Å². The molecule has 1 aliphatic heterocycles. The standard InChI is InChI=1S/C23H19ClN2O3/c1-11-2-3-12(8-18(11)24)19-7-4-13(29-19)10-25-26-22(27)20-14-5-6-15(17-9-16(14)17)21(20)23(26)28/h2-8,10,14-17,20-21H,9H2,1H3/b25-10-/t14-,15-,16-,17+,20+,21-/m1/s1. The number of aryl methyl sites for hydroxylation is 1. The van der Waals surface area contributed by atoms with Gasteiger partial charge in [0.15, 0.2) is 0 Å². The molecule has 7 rings (SSSR count). The van der Waals surface area contributed by atoms with Gasteiger partial charge >= 0.3 is 0 Å². The Hall–Kier alpha value is -2.66. The Kier molecular flexibility index (Phi) is 3.52. The molecule has 0 radical (unpaired) electrons. The monoisotopic (exact) mass is 406 g/mol. The first-order valence-corrected chi connectivity index (χ1v) is 10.4. The topological polar surface area (TPSA) is 62.9 Å². The molecular formula is C23H19ClN2O3. The van der Waals surface area contributed by atoms with Crippen LogP contribution in [-0.4, -0.2) is 23.0 Å². The van der Waals surface area contributed by atoms with Gasteiger partial charge in [-0.05, 0) is 60.8 Å². The molecule has 2 saturated carbocycles. The molecule has 5 aliphatic rings. The lowest BCUT2D eigenvalue weighted by molar-refractivity contribution is -0.140. The van der Waals surface area contributed by atoms with E-state index in [9.17, 15) is 9.59 Å². The third-order valence-electron chi connectivity index (χ3n) is 7.02. The van der Waals surface area contributed by atoms with Crippen molar-refractivity contribution in [3.8, 4) is 11.3 Å². The fourth-order valence-corrected chi connectivity index (χ4v) is 5.67. The van der Waals surface area contributed by atoms with Crippen LogP contribution >= 0.6 is 11.6 Å². The number of hydrogen-bond donors (Lipinski definition) is 0. The van der Waals surface area contributed by atoms with Gasteiger partial charge in [-0.1, -0.05) is 35.9 Å². The van der Waals surface area contributed by atoms with Crippen molar-refractivity contribution in [1.82, 2.24) is 5.01 Å². The number of hydrogen-bond acceptors (Lipinski definition) is 4. The zero-order valence-corrected chi connectivity index (χ0v) is 16.5. The highest BCUT2D eigenvalue weighted by atomic mass is 35.5. The van der Waals surface area contributed by atoms with Gasteiger partial charge in [0.2, 0.25) is 0 Å². The van der Waals surface area contributed by atoms with Crippen molar-refractivity contribution in [2.24, 2.45) is 40.6 Å². The van der Waals surface area contributed by atoms with E-state index in [1.54, 1.807) is 6.07 Å². The van der Waals surface area contributed by atoms with Crippen molar-refractivity contribution in [3.63, 3.8) is 0 Å². The molecule has 4 aliphatic carbocycles. The highest BCUT2D eigenvalue weighted by molar-refractivity contribution is 6.31. The van der Waals surface area contributed by atoms with Crippen molar-refractivity contribution in [3.05, 3.63) is 58.8 Å². The van der Waals surface area contributed by atoms with Crippen LogP contribution in [-0.2, 0) is 9.59 Å². The lowest BCUT2D eigenvalue weighted by Crippen LogP contribution is -2.40. The van der Waals surface area contributed by atoms with E-state index in [1.165, 1.54) is 6.21 Å². The van der Waals surface area contributed by atoms with Gasteiger partial charge in [0, 0.05) is 10.6 Å². The largest absolute Gasteiger partial charge is 0.455 e. The van der Waals surface area contributed by atoms with Crippen LogP contribution in [0.1, 0.15) is 17.7 Å². The van der Waals surface area contributed by atoms with Gasteiger partial charge in [-0.3, -0.25) is 9.59 Å². The first-order chi connectivity index (χ1) is 14.0. The van der Waals surface area contributed by atoms with Crippen LogP contribution in [0, 0.1) is 42.4 Å². The van der Waals surface area contributed by atoms with E-state index in [-0.39, 0.29) is 35.5 Å². The lowest BCUT2D eigenvalue weighted by atomic mass is 9.63. The SMILES string of the molecule is Cc1ccc(-c2ccc(/C=N\N3C(=O)[C@@H]4[C@@H]5C=C[C@H]([C@H]6C[C@@H]56)[C@@H]4C3=O)o2)cc1Cl. The Labute approximate surface area is 173 Å². The van der Waals surface area contributed by atoms with Gasteiger partial charge in [-0.2, -0.15) is 10.1 Å².